The number of hydroxylamine groups is 1. The number of hydrogen-bond donors (Lipinski definition) is 2. The van der Waals surface area contributed by atoms with Crippen molar-refractivity contribution in [2.45, 2.75) is 56.3 Å². The molecular weight excluding hydrogens is 518 g/mol. The van der Waals surface area contributed by atoms with Gasteiger partial charge in [-0.1, -0.05) is 60.8 Å². The minimum Gasteiger partial charge on any atom is -0.454 e. The van der Waals surface area contributed by atoms with Crippen LogP contribution in [0.5, 0.6) is 11.5 Å². The van der Waals surface area contributed by atoms with Crippen molar-refractivity contribution >= 4 is 23.4 Å². The maximum Gasteiger partial charge on any atom is 0.255 e. The van der Waals surface area contributed by atoms with E-state index >= 15 is 0 Å². The van der Waals surface area contributed by atoms with Crippen LogP contribution in [0.15, 0.2) is 66.7 Å². The van der Waals surface area contributed by atoms with Gasteiger partial charge in [0.1, 0.15) is 0 Å². The Hall–Kier alpha value is -3.59. The largest absolute Gasteiger partial charge is 0.454 e. The lowest BCUT2D eigenvalue weighted by atomic mass is 9.76. The van der Waals surface area contributed by atoms with Gasteiger partial charge in [-0.2, -0.15) is 0 Å². The molecule has 6 rings (SSSR count). The molecule has 2 aliphatic heterocycles. The van der Waals surface area contributed by atoms with Crippen LogP contribution in [0, 0.1) is 0 Å². The van der Waals surface area contributed by atoms with E-state index in [4.69, 9.17) is 31.6 Å². The second kappa shape index (κ2) is 10.9. The van der Waals surface area contributed by atoms with E-state index in [9.17, 15) is 9.59 Å². The van der Waals surface area contributed by atoms with Crippen LogP contribution in [0.4, 0.5) is 0 Å². The zero-order valence-electron chi connectivity index (χ0n) is 21.3. The van der Waals surface area contributed by atoms with E-state index in [2.05, 4.69) is 5.48 Å². The van der Waals surface area contributed by atoms with Crippen molar-refractivity contribution in [3.8, 4) is 11.5 Å². The summed E-state index contributed by atoms with van der Waals surface area (Å²) < 4.78 is 11.2. The number of rotatable bonds is 6. The van der Waals surface area contributed by atoms with E-state index < -0.39 is 12.0 Å². The fourth-order valence-electron chi connectivity index (χ4n) is 5.97. The Labute approximate surface area is 231 Å². The fraction of sp³-hybridized carbons (Fsp3) is 0.333. The Morgan fingerprint density at radius 2 is 1.79 bits per heavy atom. The molecule has 4 atom stereocenters. The molecule has 2 heterocycles. The molecule has 1 aliphatic carbocycles. The summed E-state index contributed by atoms with van der Waals surface area (Å²) in [6.07, 6.45) is 3.59. The molecule has 39 heavy (non-hydrogen) atoms. The topological polar surface area (TPSA) is 103 Å². The molecule has 0 radical (unpaired) electrons. The summed E-state index contributed by atoms with van der Waals surface area (Å²) in [5.41, 5.74) is 12.1. The molecule has 3 N–H and O–H groups in total. The Balaban J connectivity index is 1.39. The molecule has 1 saturated carbocycles. The number of amides is 2. The van der Waals surface area contributed by atoms with Gasteiger partial charge < -0.3 is 20.1 Å². The molecule has 4 unspecified atom stereocenters. The Morgan fingerprint density at radius 3 is 2.62 bits per heavy atom. The summed E-state index contributed by atoms with van der Waals surface area (Å²) in [5.74, 6) is 0.0145. The van der Waals surface area contributed by atoms with E-state index in [1.807, 2.05) is 53.4 Å². The minimum absolute atomic E-state index is 0.123. The number of nitrogens with two attached hydrogens (primary N) is 1. The molecule has 0 bridgehead atoms. The Kier molecular flexibility index (Phi) is 7.16. The lowest BCUT2D eigenvalue weighted by Crippen LogP contribution is -2.57. The van der Waals surface area contributed by atoms with Crippen molar-refractivity contribution in [3.63, 3.8) is 0 Å². The number of carbonyl (C=O) groups is 2. The first-order valence-corrected chi connectivity index (χ1v) is 13.6. The van der Waals surface area contributed by atoms with E-state index in [0.29, 0.717) is 27.6 Å². The van der Waals surface area contributed by atoms with E-state index in [1.165, 1.54) is 0 Å². The molecule has 9 heteroatoms. The van der Waals surface area contributed by atoms with Gasteiger partial charge in [0, 0.05) is 22.7 Å². The zero-order chi connectivity index (χ0) is 26.9. The van der Waals surface area contributed by atoms with Gasteiger partial charge in [-0.15, -0.1) is 0 Å². The van der Waals surface area contributed by atoms with Crippen LogP contribution in [-0.2, 0) is 16.2 Å². The summed E-state index contributed by atoms with van der Waals surface area (Å²) >= 11 is 5.99. The standard InChI is InChI=1S/C30H30ClN3O5/c31-20-12-9-18(10-13-20)16-39-33-29(35)27-21-5-1-2-6-22(21)30(36)34(24-8-4-3-7-23(24)32)28(27)19-11-14-25-26(15-19)38-17-37-25/h1-2,5-6,9-15,23-24,27-28H,3-4,7-8,16-17,32H2,(H,33,35). The van der Waals surface area contributed by atoms with Gasteiger partial charge in [0.05, 0.1) is 18.6 Å². The van der Waals surface area contributed by atoms with Crippen LogP contribution < -0.4 is 20.7 Å². The molecule has 8 nitrogen and oxygen atoms in total. The van der Waals surface area contributed by atoms with Crippen molar-refractivity contribution in [2.75, 3.05) is 6.79 Å². The van der Waals surface area contributed by atoms with Crippen molar-refractivity contribution in [3.05, 3.63) is 94.0 Å². The highest BCUT2D eigenvalue weighted by atomic mass is 35.5. The number of ether oxygens (including phenoxy) is 2. The van der Waals surface area contributed by atoms with E-state index in [-0.39, 0.29) is 37.3 Å². The summed E-state index contributed by atoms with van der Waals surface area (Å²) in [6, 6.07) is 19.1. The average Bonchev–Trinajstić information content (AvgIpc) is 3.43. The van der Waals surface area contributed by atoms with Gasteiger partial charge in [0.2, 0.25) is 6.79 Å². The third-order valence-electron chi connectivity index (χ3n) is 7.86. The smallest absolute Gasteiger partial charge is 0.255 e. The van der Waals surface area contributed by atoms with Crippen LogP contribution in [-0.4, -0.2) is 35.6 Å². The monoisotopic (exact) mass is 547 g/mol. The number of nitrogens with one attached hydrogen (secondary N) is 1. The molecule has 3 aromatic carbocycles. The number of fused-ring (bicyclic) bond motifs is 2. The predicted octanol–water partition coefficient (Wildman–Crippen LogP) is 4.87. The Morgan fingerprint density at radius 1 is 1.03 bits per heavy atom. The molecule has 0 aromatic heterocycles. The summed E-state index contributed by atoms with van der Waals surface area (Å²) in [4.78, 5) is 35.6. The SMILES string of the molecule is NC1CCCCC1N1C(=O)c2ccccc2C(C(=O)NOCc2ccc(Cl)cc2)C1c1ccc2c(c1)OCO2. The maximum absolute atomic E-state index is 14.1. The number of carbonyl (C=O) groups excluding carboxylic acids is 2. The van der Waals surface area contributed by atoms with Crippen LogP contribution in [0.3, 0.4) is 0 Å². The molecule has 1 fully saturated rings. The highest BCUT2D eigenvalue weighted by molar-refractivity contribution is 6.30. The van der Waals surface area contributed by atoms with Gasteiger partial charge in [0.15, 0.2) is 11.5 Å². The zero-order valence-corrected chi connectivity index (χ0v) is 22.1. The Bertz CT molecular complexity index is 1380. The summed E-state index contributed by atoms with van der Waals surface area (Å²) in [7, 11) is 0. The lowest BCUT2D eigenvalue weighted by Gasteiger charge is -2.48. The molecular formula is C30H30ClN3O5. The van der Waals surface area contributed by atoms with Crippen LogP contribution in [0.25, 0.3) is 0 Å². The number of halogens is 1. The third kappa shape index (κ3) is 4.95. The third-order valence-corrected chi connectivity index (χ3v) is 8.11. The molecule has 202 valence electrons. The second-order valence-corrected chi connectivity index (χ2v) is 10.7. The van der Waals surface area contributed by atoms with Crippen LogP contribution in [0.2, 0.25) is 5.02 Å². The lowest BCUT2D eigenvalue weighted by molar-refractivity contribution is -0.138. The highest BCUT2D eigenvalue weighted by Crippen LogP contribution is 2.47. The van der Waals surface area contributed by atoms with Gasteiger partial charge in [0.25, 0.3) is 11.8 Å². The predicted molar refractivity (Wildman–Crippen MR) is 145 cm³/mol. The fourth-order valence-corrected chi connectivity index (χ4v) is 6.10. The van der Waals surface area contributed by atoms with Crippen LogP contribution in [0.1, 0.15) is 64.7 Å². The first kappa shape index (κ1) is 25.7. The molecule has 3 aromatic rings. The van der Waals surface area contributed by atoms with Gasteiger partial charge >= 0.3 is 0 Å². The van der Waals surface area contributed by atoms with Gasteiger partial charge in [-0.25, -0.2) is 5.48 Å². The number of nitrogens with zero attached hydrogens (tertiary/aromatic N) is 1. The van der Waals surface area contributed by atoms with Crippen molar-refractivity contribution in [2.24, 2.45) is 5.73 Å². The first-order chi connectivity index (χ1) is 19.0. The maximum atomic E-state index is 14.1. The highest BCUT2D eigenvalue weighted by Gasteiger charge is 2.48. The van der Waals surface area contributed by atoms with E-state index in [0.717, 1.165) is 36.8 Å². The average molecular weight is 548 g/mol. The first-order valence-electron chi connectivity index (χ1n) is 13.2. The van der Waals surface area contributed by atoms with Gasteiger partial charge in [-0.05, 0) is 59.9 Å². The quantitative estimate of drug-likeness (QED) is 0.427. The van der Waals surface area contributed by atoms with Crippen molar-refractivity contribution < 1.29 is 23.9 Å². The summed E-state index contributed by atoms with van der Waals surface area (Å²) in [6.45, 7) is 0.299. The minimum atomic E-state index is -0.737. The molecule has 0 saturated heterocycles. The molecule has 2 amide bonds. The summed E-state index contributed by atoms with van der Waals surface area (Å²) in [5, 5.41) is 0.624. The number of hydrogen-bond acceptors (Lipinski definition) is 6. The number of benzene rings is 3. The van der Waals surface area contributed by atoms with Gasteiger partial charge in [-0.3, -0.25) is 14.4 Å². The second-order valence-electron chi connectivity index (χ2n) is 10.2. The molecule has 3 aliphatic rings. The molecule has 0 spiro atoms. The van der Waals surface area contributed by atoms with Crippen LogP contribution >= 0.6 is 11.6 Å². The van der Waals surface area contributed by atoms with E-state index in [1.54, 1.807) is 18.2 Å². The van der Waals surface area contributed by atoms with Crippen molar-refractivity contribution in [1.82, 2.24) is 10.4 Å². The van der Waals surface area contributed by atoms with Crippen molar-refractivity contribution in [1.29, 1.82) is 0 Å². The normalized spacial score (nSPS) is 23.8.